The Labute approximate surface area is 194 Å². The summed E-state index contributed by atoms with van der Waals surface area (Å²) in [6.45, 7) is 0. The zero-order valence-corrected chi connectivity index (χ0v) is 17.4. The third-order valence-electron chi connectivity index (χ3n) is 5.24. The predicted octanol–water partition coefficient (Wildman–Crippen LogP) is 7.89. The fourth-order valence-electron chi connectivity index (χ4n) is 3.88. The van der Waals surface area contributed by atoms with Crippen LogP contribution in [0, 0.1) is 0 Å². The summed E-state index contributed by atoms with van der Waals surface area (Å²) in [5.74, 6) is 0. The second kappa shape index (κ2) is 8.44. The van der Waals surface area contributed by atoms with Gasteiger partial charge in [-0.05, 0) is 34.9 Å². The van der Waals surface area contributed by atoms with Crippen LogP contribution in [0.1, 0.15) is 13.9 Å². The molecule has 0 bridgehead atoms. The molecule has 0 amide bonds. The van der Waals surface area contributed by atoms with Crippen molar-refractivity contribution in [1.82, 2.24) is 0 Å². The standard InChI is InChI=1S/C26H18F6N2/c27-25(28,29)19-13-17(33)11-12-18(19)24-20(26(30,31)32)14-21(34)22(15-7-3-1-4-8-15)23(24)16-9-5-2-6-10-16/h1-14H,33-34H2/i7D,9D. The Hall–Kier alpha value is -3.94. The molecule has 0 saturated carbocycles. The average molecular weight is 474 g/mol. The molecule has 34 heavy (non-hydrogen) atoms. The summed E-state index contributed by atoms with van der Waals surface area (Å²) in [6, 6.07) is 14.2. The lowest BCUT2D eigenvalue weighted by Crippen LogP contribution is -2.14. The van der Waals surface area contributed by atoms with Gasteiger partial charge in [0, 0.05) is 28.1 Å². The van der Waals surface area contributed by atoms with Crippen molar-refractivity contribution in [2.45, 2.75) is 12.4 Å². The number of rotatable bonds is 3. The van der Waals surface area contributed by atoms with E-state index in [1.165, 1.54) is 48.5 Å². The van der Waals surface area contributed by atoms with Crippen LogP contribution in [0.5, 0.6) is 0 Å². The van der Waals surface area contributed by atoms with Gasteiger partial charge in [0.05, 0.1) is 13.9 Å². The SMILES string of the molecule is [2H]c1ccccc1-c1c(N)cc(C(F)(F)F)c(-c2ccc(N)cc2C(F)(F)F)c1-c1ccccc1[2H]. The van der Waals surface area contributed by atoms with Gasteiger partial charge in [-0.3, -0.25) is 0 Å². The van der Waals surface area contributed by atoms with Crippen LogP contribution in [0.15, 0.2) is 84.9 Å². The topological polar surface area (TPSA) is 52.0 Å². The number of hydrogen-bond donors (Lipinski definition) is 2. The van der Waals surface area contributed by atoms with E-state index in [0.29, 0.717) is 12.1 Å². The van der Waals surface area contributed by atoms with Crippen molar-refractivity contribution < 1.29 is 29.1 Å². The van der Waals surface area contributed by atoms with E-state index in [9.17, 15) is 26.3 Å². The maximum Gasteiger partial charge on any atom is 0.417 e. The van der Waals surface area contributed by atoms with Gasteiger partial charge in [0.1, 0.15) is 0 Å². The monoisotopic (exact) mass is 474 g/mol. The Morgan fingerprint density at radius 2 is 1.15 bits per heavy atom. The van der Waals surface area contributed by atoms with Gasteiger partial charge in [0.15, 0.2) is 0 Å². The molecule has 4 rings (SSSR count). The third-order valence-corrected chi connectivity index (χ3v) is 5.24. The molecule has 0 aliphatic rings. The van der Waals surface area contributed by atoms with E-state index in [-0.39, 0.29) is 40.0 Å². The van der Waals surface area contributed by atoms with Crippen LogP contribution in [0.3, 0.4) is 0 Å². The molecule has 2 nitrogen and oxygen atoms in total. The molecule has 0 heterocycles. The van der Waals surface area contributed by atoms with E-state index in [4.69, 9.17) is 14.2 Å². The highest BCUT2D eigenvalue weighted by molar-refractivity contribution is 6.02. The van der Waals surface area contributed by atoms with Crippen LogP contribution in [0.2, 0.25) is 0 Å². The van der Waals surface area contributed by atoms with E-state index in [0.717, 1.165) is 12.1 Å². The van der Waals surface area contributed by atoms with Crippen molar-refractivity contribution in [1.29, 1.82) is 0 Å². The number of anilines is 2. The summed E-state index contributed by atoms with van der Waals surface area (Å²) in [6.07, 6.45) is -10.1. The smallest absolute Gasteiger partial charge is 0.399 e. The highest BCUT2D eigenvalue weighted by atomic mass is 19.4. The van der Waals surface area contributed by atoms with Gasteiger partial charge in [-0.2, -0.15) is 26.3 Å². The lowest BCUT2D eigenvalue weighted by Gasteiger charge is -2.25. The van der Waals surface area contributed by atoms with Gasteiger partial charge >= 0.3 is 12.4 Å². The highest BCUT2D eigenvalue weighted by Crippen LogP contribution is 2.52. The van der Waals surface area contributed by atoms with Crippen LogP contribution in [-0.4, -0.2) is 0 Å². The molecule has 0 aliphatic carbocycles. The molecule has 8 heteroatoms. The first-order valence-corrected chi connectivity index (χ1v) is 9.93. The quantitative estimate of drug-likeness (QED) is 0.234. The first-order chi connectivity index (χ1) is 16.8. The van der Waals surface area contributed by atoms with Crippen molar-refractivity contribution in [3.63, 3.8) is 0 Å². The lowest BCUT2D eigenvalue weighted by molar-refractivity contribution is -0.139. The van der Waals surface area contributed by atoms with E-state index in [2.05, 4.69) is 0 Å². The average Bonchev–Trinajstić information content (AvgIpc) is 2.78. The maximum absolute atomic E-state index is 14.4. The van der Waals surface area contributed by atoms with Crippen LogP contribution < -0.4 is 11.5 Å². The predicted molar refractivity (Wildman–Crippen MR) is 122 cm³/mol. The summed E-state index contributed by atoms with van der Waals surface area (Å²) < 4.78 is 102. The molecule has 0 radical (unpaired) electrons. The second-order valence-electron chi connectivity index (χ2n) is 7.49. The molecule has 0 fully saturated rings. The Balaban J connectivity index is 2.32. The molecule has 4 N–H and O–H groups in total. The minimum absolute atomic E-state index is 0.0755. The van der Waals surface area contributed by atoms with Gasteiger partial charge in [0.25, 0.3) is 0 Å². The number of hydrogen-bond acceptors (Lipinski definition) is 2. The van der Waals surface area contributed by atoms with Crippen molar-refractivity contribution in [3.05, 3.63) is 96.0 Å². The molecule has 174 valence electrons. The highest BCUT2D eigenvalue weighted by Gasteiger charge is 2.41. The Morgan fingerprint density at radius 1 is 0.588 bits per heavy atom. The lowest BCUT2D eigenvalue weighted by atomic mass is 9.82. The van der Waals surface area contributed by atoms with E-state index >= 15 is 0 Å². The van der Waals surface area contributed by atoms with E-state index in [1.807, 2.05) is 0 Å². The van der Waals surface area contributed by atoms with Crippen LogP contribution >= 0.6 is 0 Å². The third kappa shape index (κ3) is 4.31. The zero-order chi connectivity index (χ0) is 26.4. The normalized spacial score (nSPS) is 12.9. The van der Waals surface area contributed by atoms with Gasteiger partial charge in [-0.1, -0.05) is 66.7 Å². The fraction of sp³-hybridized carbons (Fsp3) is 0.0769. The number of halogens is 6. The molecule has 0 unspecified atom stereocenters. The molecule has 4 aromatic rings. The van der Waals surface area contributed by atoms with Gasteiger partial charge in [0.2, 0.25) is 0 Å². The maximum atomic E-state index is 14.4. The number of benzene rings is 4. The minimum atomic E-state index is -5.10. The van der Waals surface area contributed by atoms with Crippen molar-refractivity contribution >= 4 is 11.4 Å². The van der Waals surface area contributed by atoms with Gasteiger partial charge in [-0.25, -0.2) is 0 Å². The largest absolute Gasteiger partial charge is 0.417 e. The van der Waals surface area contributed by atoms with E-state index < -0.39 is 40.3 Å². The van der Waals surface area contributed by atoms with Crippen molar-refractivity contribution in [2.75, 3.05) is 11.5 Å². The first kappa shape index (κ1) is 20.7. The Morgan fingerprint density at radius 3 is 1.68 bits per heavy atom. The molecule has 4 aromatic carbocycles. The molecule has 0 spiro atoms. The molecule has 0 aromatic heterocycles. The summed E-state index contributed by atoms with van der Waals surface area (Å²) in [4.78, 5) is 0. The minimum Gasteiger partial charge on any atom is -0.399 e. The Bertz CT molecular complexity index is 1460. The van der Waals surface area contributed by atoms with Crippen molar-refractivity contribution in [3.8, 4) is 33.4 Å². The van der Waals surface area contributed by atoms with Crippen LogP contribution in [-0.2, 0) is 12.4 Å². The summed E-state index contributed by atoms with van der Waals surface area (Å²) in [5.41, 5.74) is 6.28. The summed E-state index contributed by atoms with van der Waals surface area (Å²) >= 11 is 0. The summed E-state index contributed by atoms with van der Waals surface area (Å²) in [7, 11) is 0. The molecule has 0 aliphatic heterocycles. The Kier molecular flexibility index (Phi) is 5.13. The van der Waals surface area contributed by atoms with Crippen LogP contribution in [0.4, 0.5) is 37.7 Å². The fourth-order valence-corrected chi connectivity index (χ4v) is 3.88. The second-order valence-corrected chi connectivity index (χ2v) is 7.49. The molecular formula is C26H18F6N2. The van der Waals surface area contributed by atoms with E-state index in [1.54, 1.807) is 0 Å². The number of nitrogen functional groups attached to an aromatic ring is 2. The molecular weight excluding hydrogens is 454 g/mol. The number of nitrogens with two attached hydrogens (primary N) is 2. The molecule has 0 atom stereocenters. The zero-order valence-electron chi connectivity index (χ0n) is 19.4. The van der Waals surface area contributed by atoms with Crippen LogP contribution in [0.25, 0.3) is 33.4 Å². The molecule has 0 saturated heterocycles. The van der Waals surface area contributed by atoms with Crippen molar-refractivity contribution in [2.24, 2.45) is 0 Å². The van der Waals surface area contributed by atoms with Gasteiger partial charge in [-0.15, -0.1) is 0 Å². The van der Waals surface area contributed by atoms with Gasteiger partial charge < -0.3 is 11.5 Å². The first-order valence-electron chi connectivity index (χ1n) is 10.9. The summed E-state index contributed by atoms with van der Waals surface area (Å²) in [5, 5.41) is 0. The number of alkyl halides is 6.